The highest BCUT2D eigenvalue weighted by atomic mass is 16.9. The Hall–Kier alpha value is -1.41. The Labute approximate surface area is 144 Å². The lowest BCUT2D eigenvalue weighted by Gasteiger charge is -2.37. The van der Waals surface area contributed by atoms with Gasteiger partial charge in [-0.05, 0) is 41.0 Å². The van der Waals surface area contributed by atoms with Crippen LogP contribution in [0.25, 0.3) is 0 Å². The molecule has 7 heteroatoms. The van der Waals surface area contributed by atoms with Gasteiger partial charge < -0.3 is 28.8 Å². The molecule has 0 amide bonds. The second-order valence-corrected chi connectivity index (χ2v) is 4.91. The first-order valence-corrected chi connectivity index (χ1v) is 8.08. The van der Waals surface area contributed by atoms with Crippen molar-refractivity contribution < 1.29 is 33.6 Å². The minimum absolute atomic E-state index is 0.206. The molecule has 7 nitrogen and oxygen atoms in total. The third-order valence-electron chi connectivity index (χ3n) is 2.81. The third kappa shape index (κ3) is 7.92. The van der Waals surface area contributed by atoms with E-state index in [2.05, 4.69) is 6.58 Å². The van der Waals surface area contributed by atoms with Crippen molar-refractivity contribution in [3.05, 3.63) is 24.0 Å². The third-order valence-corrected chi connectivity index (χ3v) is 2.81. The number of rotatable bonds is 14. The number of ether oxygens (including phenoxy) is 5. The summed E-state index contributed by atoms with van der Waals surface area (Å²) in [6.07, 6.45) is 0.979. The maximum absolute atomic E-state index is 10.8. The molecule has 0 aliphatic heterocycles. The minimum Gasteiger partial charge on any atom is -0.478 e. The first-order chi connectivity index (χ1) is 11.3. The molecule has 0 aromatic heterocycles. The molecule has 0 heterocycles. The first kappa shape index (κ1) is 22.6. The predicted molar refractivity (Wildman–Crippen MR) is 89.3 cm³/mol. The van der Waals surface area contributed by atoms with E-state index in [4.69, 9.17) is 28.8 Å². The fraction of sp³-hybridized carbons (Fsp3) is 0.706. The zero-order valence-electron chi connectivity index (χ0n) is 15.3. The van der Waals surface area contributed by atoms with E-state index in [1.54, 1.807) is 13.0 Å². The van der Waals surface area contributed by atoms with Crippen LogP contribution < -0.4 is 0 Å². The molecule has 0 bridgehead atoms. The smallest absolute Gasteiger partial charge is 0.349 e. The summed E-state index contributed by atoms with van der Waals surface area (Å²) in [5, 5.41) is 8.84. The monoisotopic (exact) mass is 346 g/mol. The van der Waals surface area contributed by atoms with E-state index in [1.165, 1.54) is 6.92 Å². The van der Waals surface area contributed by atoms with Crippen LogP contribution in [0.15, 0.2) is 24.0 Å². The van der Waals surface area contributed by atoms with Crippen LogP contribution in [-0.4, -0.2) is 49.8 Å². The number of carbonyl (C=O) groups is 1. The maximum atomic E-state index is 10.8. The van der Waals surface area contributed by atoms with Gasteiger partial charge in [0.15, 0.2) is 0 Å². The molecule has 1 unspecified atom stereocenters. The van der Waals surface area contributed by atoms with Crippen LogP contribution in [0.4, 0.5) is 0 Å². The van der Waals surface area contributed by atoms with Crippen molar-refractivity contribution >= 4 is 5.97 Å². The standard InChI is InChI=1S/C17H30O7/c1-7-21-17(22-8-2,23-9-3)16(24-13(4)5)20-12-10-11-14(6)15(18)19/h11,16H,4,7-10,12H2,1-3,5-6H3,(H,18,19). The Morgan fingerprint density at radius 2 is 1.62 bits per heavy atom. The van der Waals surface area contributed by atoms with Crippen LogP contribution in [0, 0.1) is 0 Å². The Kier molecular flexibility index (Phi) is 11.3. The molecule has 0 saturated heterocycles. The summed E-state index contributed by atoms with van der Waals surface area (Å²) in [6.45, 7) is 13.5. The van der Waals surface area contributed by atoms with Gasteiger partial charge in [0, 0.05) is 25.4 Å². The number of carboxylic acid groups (broad SMARTS) is 1. The van der Waals surface area contributed by atoms with Gasteiger partial charge in [0.05, 0.1) is 12.4 Å². The molecule has 0 aliphatic carbocycles. The van der Waals surface area contributed by atoms with Crippen molar-refractivity contribution in [2.24, 2.45) is 0 Å². The van der Waals surface area contributed by atoms with Crippen molar-refractivity contribution in [2.45, 2.75) is 53.3 Å². The number of allylic oxidation sites excluding steroid dienone is 1. The number of carboxylic acids is 1. The summed E-state index contributed by atoms with van der Waals surface area (Å²) in [5.74, 6) is -2.05. The lowest BCUT2D eigenvalue weighted by molar-refractivity contribution is -0.449. The van der Waals surface area contributed by atoms with Gasteiger partial charge in [0.2, 0.25) is 0 Å². The molecule has 0 aromatic carbocycles. The lowest BCUT2D eigenvalue weighted by atomic mass is 10.2. The zero-order chi connectivity index (χ0) is 18.6. The highest BCUT2D eigenvalue weighted by Gasteiger charge is 2.45. The van der Waals surface area contributed by atoms with Crippen LogP contribution >= 0.6 is 0 Å². The summed E-state index contributed by atoms with van der Waals surface area (Å²) in [6, 6.07) is 0. The maximum Gasteiger partial charge on any atom is 0.349 e. The second kappa shape index (κ2) is 12.0. The van der Waals surface area contributed by atoms with E-state index in [1.807, 2.05) is 20.8 Å². The van der Waals surface area contributed by atoms with Gasteiger partial charge in [-0.15, -0.1) is 0 Å². The Morgan fingerprint density at radius 3 is 2.00 bits per heavy atom. The van der Waals surface area contributed by atoms with Gasteiger partial charge in [0.25, 0.3) is 6.29 Å². The Morgan fingerprint density at radius 1 is 1.12 bits per heavy atom. The molecule has 0 aliphatic rings. The molecule has 0 saturated carbocycles. The van der Waals surface area contributed by atoms with Crippen LogP contribution in [0.1, 0.15) is 41.0 Å². The first-order valence-electron chi connectivity index (χ1n) is 8.08. The van der Waals surface area contributed by atoms with Crippen molar-refractivity contribution in [3.63, 3.8) is 0 Å². The fourth-order valence-corrected chi connectivity index (χ4v) is 1.86. The minimum atomic E-state index is -1.51. The van der Waals surface area contributed by atoms with E-state index >= 15 is 0 Å². The van der Waals surface area contributed by atoms with E-state index in [9.17, 15) is 4.79 Å². The molecular weight excluding hydrogens is 316 g/mol. The number of aliphatic carboxylic acids is 1. The normalized spacial score (nSPS) is 13.6. The van der Waals surface area contributed by atoms with E-state index in [0.717, 1.165) is 0 Å². The van der Waals surface area contributed by atoms with E-state index < -0.39 is 18.2 Å². The Balaban J connectivity index is 5.12. The van der Waals surface area contributed by atoms with Gasteiger partial charge in [-0.3, -0.25) is 0 Å². The van der Waals surface area contributed by atoms with Crippen LogP contribution in [0.3, 0.4) is 0 Å². The van der Waals surface area contributed by atoms with Gasteiger partial charge in [-0.2, -0.15) is 0 Å². The van der Waals surface area contributed by atoms with E-state index in [0.29, 0.717) is 32.0 Å². The molecule has 140 valence electrons. The van der Waals surface area contributed by atoms with Crippen molar-refractivity contribution in [1.29, 1.82) is 0 Å². The van der Waals surface area contributed by atoms with Crippen LogP contribution in [-0.2, 0) is 28.5 Å². The summed E-state index contributed by atoms with van der Waals surface area (Å²) in [5.41, 5.74) is 0.252. The zero-order valence-corrected chi connectivity index (χ0v) is 15.3. The topological polar surface area (TPSA) is 83.5 Å². The van der Waals surface area contributed by atoms with Gasteiger partial charge in [0.1, 0.15) is 0 Å². The predicted octanol–water partition coefficient (Wildman–Crippen LogP) is 3.06. The highest BCUT2D eigenvalue weighted by molar-refractivity contribution is 5.85. The van der Waals surface area contributed by atoms with Crippen LogP contribution in [0.5, 0.6) is 0 Å². The van der Waals surface area contributed by atoms with Crippen molar-refractivity contribution in [3.8, 4) is 0 Å². The second-order valence-electron chi connectivity index (χ2n) is 4.91. The molecule has 1 N–H and O–H groups in total. The molecule has 0 aromatic rings. The van der Waals surface area contributed by atoms with Gasteiger partial charge in [-0.1, -0.05) is 12.7 Å². The summed E-state index contributed by atoms with van der Waals surface area (Å²) < 4.78 is 28.2. The Bertz CT molecular complexity index is 400. The van der Waals surface area contributed by atoms with Gasteiger partial charge >= 0.3 is 11.9 Å². The molecule has 0 fully saturated rings. The lowest BCUT2D eigenvalue weighted by Crippen LogP contribution is -2.52. The molecule has 0 spiro atoms. The van der Waals surface area contributed by atoms with Crippen molar-refractivity contribution in [2.75, 3.05) is 26.4 Å². The molecule has 0 radical (unpaired) electrons. The van der Waals surface area contributed by atoms with E-state index in [-0.39, 0.29) is 12.2 Å². The SMILES string of the molecule is C=C(C)OC(OCCC=C(C)C(=O)O)C(OCC)(OCC)OCC. The summed E-state index contributed by atoms with van der Waals surface area (Å²) in [7, 11) is 0. The van der Waals surface area contributed by atoms with Crippen molar-refractivity contribution in [1.82, 2.24) is 0 Å². The van der Waals surface area contributed by atoms with Gasteiger partial charge in [-0.25, -0.2) is 4.79 Å². The summed E-state index contributed by atoms with van der Waals surface area (Å²) in [4.78, 5) is 10.8. The molecule has 1 atom stereocenters. The number of hydrogen-bond acceptors (Lipinski definition) is 6. The fourth-order valence-electron chi connectivity index (χ4n) is 1.86. The average molecular weight is 346 g/mol. The molecule has 0 rings (SSSR count). The quantitative estimate of drug-likeness (QED) is 0.224. The van der Waals surface area contributed by atoms with Crippen LogP contribution in [0.2, 0.25) is 0 Å². The summed E-state index contributed by atoms with van der Waals surface area (Å²) >= 11 is 0. The number of hydrogen-bond donors (Lipinski definition) is 1. The average Bonchev–Trinajstić information content (AvgIpc) is 2.50. The highest BCUT2D eigenvalue weighted by Crippen LogP contribution is 2.26. The molecule has 24 heavy (non-hydrogen) atoms. The largest absolute Gasteiger partial charge is 0.478 e. The molecular formula is C17H30O7.